The molecule has 154 valence electrons. The number of hydrogen-bond acceptors (Lipinski definition) is 4. The molecule has 0 radical (unpaired) electrons. The van der Waals surface area contributed by atoms with Crippen LogP contribution in [0.25, 0.3) is 5.65 Å². The third-order valence-corrected chi connectivity index (χ3v) is 4.40. The van der Waals surface area contributed by atoms with Crippen molar-refractivity contribution in [3.63, 3.8) is 0 Å². The monoisotopic (exact) mass is 422 g/mol. The number of nitrogens with zero attached hydrogens (tertiary/aromatic N) is 4. The maximum absolute atomic E-state index is 12.6. The van der Waals surface area contributed by atoms with Crippen molar-refractivity contribution in [2.24, 2.45) is 4.99 Å². The van der Waals surface area contributed by atoms with Crippen molar-refractivity contribution in [1.29, 1.82) is 0 Å². The van der Waals surface area contributed by atoms with E-state index in [1.54, 1.807) is 13.1 Å². The molecule has 0 unspecified atom stereocenters. The summed E-state index contributed by atoms with van der Waals surface area (Å²) >= 11 is 5.97. The summed E-state index contributed by atoms with van der Waals surface area (Å²) in [5.41, 5.74) is 1.33. The average molecular weight is 423 g/mol. The highest BCUT2D eigenvalue weighted by Gasteiger charge is 2.11. The predicted molar refractivity (Wildman–Crippen MR) is 108 cm³/mol. The standard InChI is InChI=1S/C19H21ClF2N6O/c1-23-19(25-12-13-11-14(20)7-8-15(13)29-18(21)22)24-9-4-6-17-27-26-16-5-2-3-10-28(16)17/h2-3,5,7-8,10-11,18H,4,6,9,12H2,1H3,(H2,23,24,25). The number of halogens is 3. The number of pyridine rings is 1. The lowest BCUT2D eigenvalue weighted by Crippen LogP contribution is -2.37. The number of hydrogen-bond donors (Lipinski definition) is 2. The molecule has 0 spiro atoms. The molecule has 2 N–H and O–H groups in total. The van der Waals surface area contributed by atoms with Crippen LogP contribution in [-0.2, 0) is 13.0 Å². The van der Waals surface area contributed by atoms with Gasteiger partial charge < -0.3 is 15.4 Å². The van der Waals surface area contributed by atoms with Crippen LogP contribution in [0.5, 0.6) is 5.75 Å². The molecular weight excluding hydrogens is 402 g/mol. The van der Waals surface area contributed by atoms with Gasteiger partial charge in [0.2, 0.25) is 0 Å². The van der Waals surface area contributed by atoms with Crippen molar-refractivity contribution in [3.05, 3.63) is 59.0 Å². The molecule has 0 amide bonds. The largest absolute Gasteiger partial charge is 0.434 e. The smallest absolute Gasteiger partial charge is 0.387 e. The zero-order chi connectivity index (χ0) is 20.6. The first-order valence-corrected chi connectivity index (χ1v) is 9.41. The van der Waals surface area contributed by atoms with Crippen LogP contribution in [-0.4, -0.2) is 40.8 Å². The molecule has 7 nitrogen and oxygen atoms in total. The zero-order valence-corrected chi connectivity index (χ0v) is 16.5. The van der Waals surface area contributed by atoms with Crippen LogP contribution in [0, 0.1) is 0 Å². The number of nitrogens with one attached hydrogen (secondary N) is 2. The first-order valence-electron chi connectivity index (χ1n) is 9.03. The molecule has 2 aromatic heterocycles. The summed E-state index contributed by atoms with van der Waals surface area (Å²) in [4.78, 5) is 4.14. The van der Waals surface area contributed by atoms with Crippen LogP contribution in [0.3, 0.4) is 0 Å². The SMILES string of the molecule is CN=C(NCCCc1nnc2ccccn12)NCc1cc(Cl)ccc1OC(F)F. The van der Waals surface area contributed by atoms with E-state index in [0.717, 1.165) is 24.3 Å². The quantitative estimate of drug-likeness (QED) is 0.331. The molecule has 0 fully saturated rings. The van der Waals surface area contributed by atoms with Gasteiger partial charge in [0.05, 0.1) is 0 Å². The fourth-order valence-electron chi connectivity index (χ4n) is 2.81. The van der Waals surface area contributed by atoms with Crippen molar-refractivity contribution in [2.75, 3.05) is 13.6 Å². The van der Waals surface area contributed by atoms with E-state index in [2.05, 4.69) is 30.6 Å². The van der Waals surface area contributed by atoms with Gasteiger partial charge in [0.1, 0.15) is 11.6 Å². The molecule has 2 heterocycles. The number of benzene rings is 1. The van der Waals surface area contributed by atoms with Crippen molar-refractivity contribution >= 4 is 23.2 Å². The normalized spacial score (nSPS) is 11.8. The molecule has 0 saturated heterocycles. The molecule has 29 heavy (non-hydrogen) atoms. The van der Waals surface area contributed by atoms with Gasteiger partial charge in [0, 0.05) is 43.3 Å². The van der Waals surface area contributed by atoms with Crippen LogP contribution >= 0.6 is 11.6 Å². The second-order valence-corrected chi connectivity index (χ2v) is 6.57. The van der Waals surface area contributed by atoms with E-state index < -0.39 is 6.61 Å². The van der Waals surface area contributed by atoms with Crippen molar-refractivity contribution in [3.8, 4) is 5.75 Å². The number of aryl methyl sites for hydroxylation is 1. The molecule has 0 bridgehead atoms. The highest BCUT2D eigenvalue weighted by Crippen LogP contribution is 2.24. The highest BCUT2D eigenvalue weighted by atomic mass is 35.5. The summed E-state index contributed by atoms with van der Waals surface area (Å²) in [6.07, 6.45) is 3.49. The topological polar surface area (TPSA) is 75.8 Å². The van der Waals surface area contributed by atoms with E-state index in [-0.39, 0.29) is 12.3 Å². The Morgan fingerprint density at radius 2 is 2.10 bits per heavy atom. The molecule has 0 atom stereocenters. The van der Waals surface area contributed by atoms with Gasteiger partial charge >= 0.3 is 6.61 Å². The van der Waals surface area contributed by atoms with Crippen LogP contribution < -0.4 is 15.4 Å². The van der Waals surface area contributed by atoms with Crippen molar-refractivity contribution in [2.45, 2.75) is 26.0 Å². The molecule has 10 heteroatoms. The van der Waals surface area contributed by atoms with Crippen LogP contribution in [0.2, 0.25) is 5.02 Å². The van der Waals surface area contributed by atoms with Gasteiger partial charge in [-0.3, -0.25) is 9.39 Å². The minimum Gasteiger partial charge on any atom is -0.434 e. The Morgan fingerprint density at radius 1 is 1.24 bits per heavy atom. The van der Waals surface area contributed by atoms with Gasteiger partial charge in [-0.2, -0.15) is 8.78 Å². The molecule has 3 aromatic rings. The number of rotatable bonds is 8. The molecule has 0 saturated carbocycles. The number of guanidine groups is 1. The predicted octanol–water partition coefficient (Wildman–Crippen LogP) is 3.28. The van der Waals surface area contributed by atoms with E-state index in [1.165, 1.54) is 12.1 Å². The summed E-state index contributed by atoms with van der Waals surface area (Å²) in [6, 6.07) is 10.3. The van der Waals surface area contributed by atoms with Crippen LogP contribution in [0.15, 0.2) is 47.6 Å². The van der Waals surface area contributed by atoms with E-state index in [4.69, 9.17) is 11.6 Å². The van der Waals surface area contributed by atoms with Crippen molar-refractivity contribution in [1.82, 2.24) is 25.2 Å². The van der Waals surface area contributed by atoms with Gasteiger partial charge in [-0.1, -0.05) is 17.7 Å². The number of alkyl halides is 2. The minimum absolute atomic E-state index is 0.0750. The Kier molecular flexibility index (Phi) is 7.18. The Morgan fingerprint density at radius 3 is 2.90 bits per heavy atom. The summed E-state index contributed by atoms with van der Waals surface area (Å²) in [7, 11) is 1.63. The third kappa shape index (κ3) is 5.77. The maximum atomic E-state index is 12.6. The Hall–Kier alpha value is -2.94. The minimum atomic E-state index is -2.90. The zero-order valence-electron chi connectivity index (χ0n) is 15.8. The van der Waals surface area contributed by atoms with Gasteiger partial charge in [-0.15, -0.1) is 10.2 Å². The van der Waals surface area contributed by atoms with Gasteiger partial charge in [0.25, 0.3) is 0 Å². The summed E-state index contributed by atoms with van der Waals surface area (Å²) in [5.74, 6) is 1.50. The summed E-state index contributed by atoms with van der Waals surface area (Å²) in [6.45, 7) is -2.02. The lowest BCUT2D eigenvalue weighted by molar-refractivity contribution is -0.0504. The third-order valence-electron chi connectivity index (χ3n) is 4.16. The Bertz CT molecular complexity index is 978. The highest BCUT2D eigenvalue weighted by molar-refractivity contribution is 6.30. The van der Waals surface area contributed by atoms with Gasteiger partial charge in [-0.25, -0.2) is 0 Å². The number of fused-ring (bicyclic) bond motifs is 1. The second kappa shape index (κ2) is 10.0. The molecule has 0 aliphatic rings. The lowest BCUT2D eigenvalue weighted by atomic mass is 10.2. The molecule has 0 aliphatic carbocycles. The van der Waals surface area contributed by atoms with Gasteiger partial charge in [-0.05, 0) is 36.8 Å². The van der Waals surface area contributed by atoms with E-state index in [0.29, 0.717) is 23.1 Å². The molecular formula is C19H21ClF2N6O. The van der Waals surface area contributed by atoms with E-state index in [9.17, 15) is 8.78 Å². The first kappa shape index (κ1) is 20.8. The fourth-order valence-corrected chi connectivity index (χ4v) is 3.01. The Labute approximate surface area is 171 Å². The molecule has 1 aromatic carbocycles. The van der Waals surface area contributed by atoms with E-state index in [1.807, 2.05) is 28.8 Å². The fraction of sp³-hybridized carbons (Fsp3) is 0.316. The number of ether oxygens (including phenoxy) is 1. The van der Waals surface area contributed by atoms with Crippen LogP contribution in [0.4, 0.5) is 8.78 Å². The summed E-state index contributed by atoms with van der Waals surface area (Å²) in [5, 5.41) is 15.0. The molecule has 3 rings (SSSR count). The summed E-state index contributed by atoms with van der Waals surface area (Å²) < 4.78 is 31.6. The second-order valence-electron chi connectivity index (χ2n) is 6.13. The van der Waals surface area contributed by atoms with Gasteiger partial charge in [0.15, 0.2) is 11.6 Å². The first-order chi connectivity index (χ1) is 14.1. The molecule has 0 aliphatic heterocycles. The van der Waals surface area contributed by atoms with E-state index >= 15 is 0 Å². The number of aliphatic imine (C=N–C) groups is 1. The van der Waals surface area contributed by atoms with Crippen molar-refractivity contribution < 1.29 is 13.5 Å². The lowest BCUT2D eigenvalue weighted by Gasteiger charge is -2.15. The number of aromatic nitrogens is 3. The Balaban J connectivity index is 1.49. The van der Waals surface area contributed by atoms with Crippen LogP contribution in [0.1, 0.15) is 17.8 Å². The maximum Gasteiger partial charge on any atom is 0.387 e. The average Bonchev–Trinajstić information content (AvgIpc) is 3.12.